The molecule has 16 heavy (non-hydrogen) atoms. The maximum Gasteiger partial charge on any atom is 0.338 e. The van der Waals surface area contributed by atoms with Crippen LogP contribution in [0.3, 0.4) is 0 Å². The molecule has 0 bridgehead atoms. The van der Waals surface area contributed by atoms with E-state index in [9.17, 15) is 9.59 Å². The van der Waals surface area contributed by atoms with Crippen LogP contribution in [0.5, 0.6) is 5.75 Å². The Kier molecular flexibility index (Phi) is 4.49. The summed E-state index contributed by atoms with van der Waals surface area (Å²) in [7, 11) is 1.48. The van der Waals surface area contributed by atoms with Gasteiger partial charge in [-0.3, -0.25) is 4.79 Å². The van der Waals surface area contributed by atoms with Crippen molar-refractivity contribution in [1.29, 1.82) is 0 Å². The molecule has 1 rings (SSSR count). The Labute approximate surface area is 102 Å². The molecule has 0 saturated carbocycles. The molecule has 0 N–H and O–H groups in total. The molecule has 0 atom stereocenters. The van der Waals surface area contributed by atoms with E-state index in [-0.39, 0.29) is 17.7 Å². The van der Waals surface area contributed by atoms with Crippen LogP contribution in [0.1, 0.15) is 27.6 Å². The molecule has 0 aliphatic rings. The number of hydrogen-bond acceptors (Lipinski definition) is 4. The molecule has 5 heteroatoms. The Balaban J connectivity index is 3.24. The molecule has 0 unspecified atom stereocenters. The third kappa shape index (κ3) is 2.61. The average Bonchev–Trinajstić information content (AvgIpc) is 2.28. The summed E-state index contributed by atoms with van der Waals surface area (Å²) in [6.45, 7) is 1.96. The van der Waals surface area contributed by atoms with E-state index in [1.54, 1.807) is 6.92 Å². The molecule has 0 amide bonds. The van der Waals surface area contributed by atoms with Gasteiger partial charge in [0.2, 0.25) is 0 Å². The zero-order chi connectivity index (χ0) is 12.1. The lowest BCUT2D eigenvalue weighted by Crippen LogP contribution is -2.08. The molecule has 0 aliphatic carbocycles. The number of benzene rings is 1. The second-order valence-corrected chi connectivity index (χ2v) is 3.77. The number of esters is 1. The van der Waals surface area contributed by atoms with Gasteiger partial charge in [0.05, 0.1) is 23.8 Å². The van der Waals surface area contributed by atoms with Crippen molar-refractivity contribution in [1.82, 2.24) is 0 Å². The van der Waals surface area contributed by atoms with Crippen LogP contribution < -0.4 is 4.74 Å². The minimum absolute atomic E-state index is 0.205. The first-order chi connectivity index (χ1) is 7.63. The first-order valence-corrected chi connectivity index (χ1v) is 5.43. The third-order valence-electron chi connectivity index (χ3n) is 1.95. The second-order valence-electron chi connectivity index (χ2n) is 2.91. The van der Waals surface area contributed by atoms with Gasteiger partial charge in [0.15, 0.2) is 6.29 Å². The lowest BCUT2D eigenvalue weighted by atomic mass is 10.1. The number of methoxy groups -OCH3 is 1. The summed E-state index contributed by atoms with van der Waals surface area (Å²) in [6.07, 6.45) is 0.608. The van der Waals surface area contributed by atoms with Crippen molar-refractivity contribution in [2.24, 2.45) is 0 Å². The smallest absolute Gasteiger partial charge is 0.338 e. The number of carbonyl (C=O) groups excluding carboxylic acids is 2. The van der Waals surface area contributed by atoms with Gasteiger partial charge >= 0.3 is 5.97 Å². The fraction of sp³-hybridized carbons (Fsp3) is 0.273. The van der Waals surface area contributed by atoms with E-state index in [0.717, 1.165) is 0 Å². The van der Waals surface area contributed by atoms with Gasteiger partial charge in [0.1, 0.15) is 5.75 Å². The maximum atomic E-state index is 11.6. The third-order valence-corrected chi connectivity index (χ3v) is 2.57. The van der Waals surface area contributed by atoms with Crippen LogP contribution in [0.15, 0.2) is 16.6 Å². The molecule has 0 radical (unpaired) electrons. The molecule has 1 aromatic carbocycles. The maximum absolute atomic E-state index is 11.6. The Morgan fingerprint density at radius 2 is 2.19 bits per heavy atom. The van der Waals surface area contributed by atoms with E-state index in [0.29, 0.717) is 16.5 Å². The van der Waals surface area contributed by atoms with Crippen LogP contribution in [0.2, 0.25) is 0 Å². The molecule has 0 aliphatic heterocycles. The normalized spacial score (nSPS) is 9.69. The summed E-state index contributed by atoms with van der Waals surface area (Å²) >= 11 is 3.23. The predicted octanol–water partition coefficient (Wildman–Crippen LogP) is 2.45. The van der Waals surface area contributed by atoms with Gasteiger partial charge in [0.25, 0.3) is 0 Å². The quantitative estimate of drug-likeness (QED) is 0.630. The number of ether oxygens (including phenoxy) is 2. The van der Waals surface area contributed by atoms with Crippen LogP contribution >= 0.6 is 15.9 Å². The molecule has 0 fully saturated rings. The Bertz CT molecular complexity index is 415. The van der Waals surface area contributed by atoms with Gasteiger partial charge in [-0.05, 0) is 35.0 Å². The number of carbonyl (C=O) groups is 2. The summed E-state index contributed by atoms with van der Waals surface area (Å²) in [5.41, 5.74) is 0.475. The highest BCUT2D eigenvalue weighted by Crippen LogP contribution is 2.28. The van der Waals surface area contributed by atoms with Crippen molar-refractivity contribution in [3.63, 3.8) is 0 Å². The molecule has 0 saturated heterocycles. The van der Waals surface area contributed by atoms with E-state index >= 15 is 0 Å². The summed E-state index contributed by atoms with van der Waals surface area (Å²) in [4.78, 5) is 22.4. The van der Waals surface area contributed by atoms with Crippen LogP contribution in [0, 0.1) is 0 Å². The Morgan fingerprint density at radius 1 is 1.50 bits per heavy atom. The highest BCUT2D eigenvalue weighted by molar-refractivity contribution is 9.10. The zero-order valence-corrected chi connectivity index (χ0v) is 10.5. The van der Waals surface area contributed by atoms with Gasteiger partial charge in [-0.2, -0.15) is 0 Å². The Morgan fingerprint density at radius 3 is 2.69 bits per heavy atom. The average molecular weight is 287 g/mol. The van der Waals surface area contributed by atoms with Crippen molar-refractivity contribution in [2.75, 3.05) is 13.7 Å². The van der Waals surface area contributed by atoms with E-state index < -0.39 is 5.97 Å². The van der Waals surface area contributed by atoms with E-state index in [4.69, 9.17) is 9.47 Å². The topological polar surface area (TPSA) is 52.6 Å². The molecule has 0 spiro atoms. The van der Waals surface area contributed by atoms with E-state index in [1.165, 1.54) is 19.2 Å². The monoisotopic (exact) mass is 286 g/mol. The van der Waals surface area contributed by atoms with Crippen LogP contribution in [-0.4, -0.2) is 26.0 Å². The van der Waals surface area contributed by atoms with E-state index in [1.807, 2.05) is 0 Å². The molecular formula is C11H11BrO4. The van der Waals surface area contributed by atoms with Crippen LogP contribution in [0.25, 0.3) is 0 Å². The van der Waals surface area contributed by atoms with Gasteiger partial charge in [-0.1, -0.05) is 0 Å². The highest BCUT2D eigenvalue weighted by Gasteiger charge is 2.15. The molecule has 4 nitrogen and oxygen atoms in total. The van der Waals surface area contributed by atoms with E-state index in [2.05, 4.69) is 15.9 Å². The van der Waals surface area contributed by atoms with Gasteiger partial charge < -0.3 is 9.47 Å². The minimum atomic E-state index is -0.532. The Hall–Kier alpha value is -1.36. The highest BCUT2D eigenvalue weighted by atomic mass is 79.9. The number of rotatable bonds is 4. The van der Waals surface area contributed by atoms with Crippen molar-refractivity contribution < 1.29 is 19.1 Å². The SMILES string of the molecule is CCOC(=O)c1cc(OC)c(Br)cc1C=O. The standard InChI is InChI=1S/C11H11BrO4/c1-3-16-11(14)8-5-10(15-2)9(12)4-7(8)6-13/h4-6H,3H2,1-2H3. The lowest BCUT2D eigenvalue weighted by Gasteiger charge is -2.08. The number of halogens is 1. The molecule has 1 aromatic rings. The number of hydrogen-bond donors (Lipinski definition) is 0. The minimum Gasteiger partial charge on any atom is -0.496 e. The first-order valence-electron chi connectivity index (χ1n) is 4.63. The second kappa shape index (κ2) is 5.65. The predicted molar refractivity (Wildman–Crippen MR) is 62.0 cm³/mol. The van der Waals surface area contributed by atoms with Gasteiger partial charge in [0, 0.05) is 5.56 Å². The molecule has 0 aromatic heterocycles. The first kappa shape index (κ1) is 12.7. The van der Waals surface area contributed by atoms with Gasteiger partial charge in [-0.25, -0.2) is 4.79 Å². The summed E-state index contributed by atoms with van der Waals surface area (Å²) in [6, 6.07) is 3.00. The van der Waals surface area contributed by atoms with Crippen molar-refractivity contribution in [3.8, 4) is 5.75 Å². The van der Waals surface area contributed by atoms with Crippen molar-refractivity contribution >= 4 is 28.2 Å². The summed E-state index contributed by atoms with van der Waals surface area (Å²) in [5, 5.41) is 0. The van der Waals surface area contributed by atoms with Crippen molar-refractivity contribution in [2.45, 2.75) is 6.92 Å². The van der Waals surface area contributed by atoms with Crippen molar-refractivity contribution in [3.05, 3.63) is 27.7 Å². The number of aldehydes is 1. The lowest BCUT2D eigenvalue weighted by molar-refractivity contribution is 0.0524. The summed E-state index contributed by atoms with van der Waals surface area (Å²) in [5.74, 6) is -0.0518. The fourth-order valence-electron chi connectivity index (χ4n) is 1.21. The molecular weight excluding hydrogens is 276 g/mol. The molecule has 86 valence electrons. The van der Waals surface area contributed by atoms with Crippen LogP contribution in [0.4, 0.5) is 0 Å². The van der Waals surface area contributed by atoms with Crippen LogP contribution in [-0.2, 0) is 4.74 Å². The molecule has 0 heterocycles. The van der Waals surface area contributed by atoms with Gasteiger partial charge in [-0.15, -0.1) is 0 Å². The summed E-state index contributed by atoms with van der Waals surface area (Å²) < 4.78 is 10.5. The zero-order valence-electron chi connectivity index (χ0n) is 8.95. The fourth-order valence-corrected chi connectivity index (χ4v) is 1.73. The largest absolute Gasteiger partial charge is 0.496 e.